The third-order valence-corrected chi connectivity index (χ3v) is 5.17. The minimum atomic E-state index is 0.0625. The van der Waals surface area contributed by atoms with Gasteiger partial charge in [0.15, 0.2) is 0 Å². The van der Waals surface area contributed by atoms with Gasteiger partial charge in [-0.1, -0.05) is 51.0 Å². The molecule has 0 saturated heterocycles. The van der Waals surface area contributed by atoms with Crippen LogP contribution >= 0.6 is 0 Å². The second-order valence-corrected chi connectivity index (χ2v) is 7.61. The standard InChI is InChI=1S/C13H23N3O.C10H13NO/c1-4-6-9-16(10-7-5-2)13(17)12-8-11-15(3)14-12;12-7-10-5-8-3-1-2-4-9(8)6-11-10/h8,11H,4-7,9-10H2,1-3H3;1-4,10-12H,5-7H2/t;10-/m.0/s1. The quantitative estimate of drug-likeness (QED) is 0.714. The number of hydrogen-bond donors (Lipinski definition) is 2. The van der Waals surface area contributed by atoms with Crippen molar-refractivity contribution in [1.29, 1.82) is 0 Å². The second kappa shape index (κ2) is 12.4. The van der Waals surface area contributed by atoms with Gasteiger partial charge in [0.25, 0.3) is 5.91 Å². The molecule has 2 N–H and O–H groups in total. The van der Waals surface area contributed by atoms with E-state index in [9.17, 15) is 4.79 Å². The lowest BCUT2D eigenvalue weighted by Crippen LogP contribution is -2.38. The number of carbonyl (C=O) groups is 1. The molecule has 2 heterocycles. The van der Waals surface area contributed by atoms with Crippen molar-refractivity contribution in [3.05, 3.63) is 53.3 Å². The number of benzene rings is 1. The molecule has 6 nitrogen and oxygen atoms in total. The fourth-order valence-corrected chi connectivity index (χ4v) is 3.35. The number of aromatic nitrogens is 2. The van der Waals surface area contributed by atoms with Gasteiger partial charge in [-0.2, -0.15) is 5.10 Å². The first-order chi connectivity index (χ1) is 14.1. The average molecular weight is 401 g/mol. The zero-order chi connectivity index (χ0) is 21.1. The van der Waals surface area contributed by atoms with Gasteiger partial charge in [-0.3, -0.25) is 9.48 Å². The van der Waals surface area contributed by atoms with Crippen molar-refractivity contribution >= 4 is 5.91 Å². The van der Waals surface area contributed by atoms with Gasteiger partial charge >= 0.3 is 0 Å². The maximum atomic E-state index is 12.2. The molecule has 0 unspecified atom stereocenters. The van der Waals surface area contributed by atoms with Crippen LogP contribution in [0, 0.1) is 0 Å². The van der Waals surface area contributed by atoms with Gasteiger partial charge < -0.3 is 15.3 Å². The van der Waals surface area contributed by atoms with Crippen LogP contribution in [0.2, 0.25) is 0 Å². The normalized spacial score (nSPS) is 15.2. The highest BCUT2D eigenvalue weighted by Gasteiger charge is 2.17. The SMILES string of the molecule is CCCCN(CCCC)C(=O)c1ccn(C)n1.OC[C@@H]1Cc2ccccc2CN1. The Labute approximate surface area is 174 Å². The number of nitrogens with zero attached hydrogens (tertiary/aromatic N) is 3. The molecular weight excluding hydrogens is 364 g/mol. The maximum absolute atomic E-state index is 12.2. The summed E-state index contributed by atoms with van der Waals surface area (Å²) in [5.41, 5.74) is 3.29. The highest BCUT2D eigenvalue weighted by atomic mass is 16.3. The topological polar surface area (TPSA) is 70.4 Å². The van der Waals surface area contributed by atoms with Crippen LogP contribution in [0.15, 0.2) is 36.5 Å². The van der Waals surface area contributed by atoms with E-state index in [0.29, 0.717) is 5.69 Å². The number of carbonyl (C=O) groups excluding carboxylic acids is 1. The van der Waals surface area contributed by atoms with Crippen molar-refractivity contribution in [3.63, 3.8) is 0 Å². The van der Waals surface area contributed by atoms with E-state index in [-0.39, 0.29) is 18.6 Å². The number of unbranched alkanes of at least 4 members (excludes halogenated alkanes) is 2. The number of aliphatic hydroxyl groups excluding tert-OH is 1. The minimum absolute atomic E-state index is 0.0625. The minimum Gasteiger partial charge on any atom is -0.395 e. The molecule has 0 bridgehead atoms. The first-order valence-electron chi connectivity index (χ1n) is 10.8. The van der Waals surface area contributed by atoms with Gasteiger partial charge in [-0.25, -0.2) is 0 Å². The molecule has 29 heavy (non-hydrogen) atoms. The Morgan fingerprint density at radius 3 is 2.38 bits per heavy atom. The molecule has 1 aliphatic rings. The van der Waals surface area contributed by atoms with Gasteiger partial charge in [-0.15, -0.1) is 0 Å². The Morgan fingerprint density at radius 1 is 1.17 bits per heavy atom. The Bertz CT molecular complexity index is 736. The first kappa shape index (κ1) is 23.1. The number of aliphatic hydroxyl groups is 1. The van der Waals surface area contributed by atoms with Crippen LogP contribution in [0.25, 0.3) is 0 Å². The molecule has 0 spiro atoms. The summed E-state index contributed by atoms with van der Waals surface area (Å²) in [5.74, 6) is 0.0625. The molecule has 1 aromatic carbocycles. The Kier molecular flexibility index (Phi) is 9.88. The predicted molar refractivity (Wildman–Crippen MR) is 117 cm³/mol. The zero-order valence-corrected chi connectivity index (χ0v) is 18.1. The van der Waals surface area contributed by atoms with Gasteiger partial charge in [0.2, 0.25) is 0 Å². The Balaban J connectivity index is 0.000000218. The molecule has 6 heteroatoms. The Morgan fingerprint density at radius 2 is 1.83 bits per heavy atom. The van der Waals surface area contributed by atoms with Crippen LogP contribution in [0.5, 0.6) is 0 Å². The summed E-state index contributed by atoms with van der Waals surface area (Å²) in [6.07, 6.45) is 7.10. The molecule has 0 radical (unpaired) electrons. The lowest BCUT2D eigenvalue weighted by Gasteiger charge is -2.24. The number of rotatable bonds is 8. The number of hydrogen-bond acceptors (Lipinski definition) is 4. The van der Waals surface area contributed by atoms with Crippen LogP contribution in [0.1, 0.15) is 61.1 Å². The van der Waals surface area contributed by atoms with E-state index in [0.717, 1.165) is 51.7 Å². The van der Waals surface area contributed by atoms with Crippen molar-refractivity contribution in [3.8, 4) is 0 Å². The lowest BCUT2D eigenvalue weighted by molar-refractivity contribution is 0.0744. The number of amides is 1. The van der Waals surface area contributed by atoms with Gasteiger partial charge in [0.1, 0.15) is 5.69 Å². The van der Waals surface area contributed by atoms with Crippen molar-refractivity contribution in [1.82, 2.24) is 20.0 Å². The van der Waals surface area contributed by atoms with E-state index in [1.165, 1.54) is 11.1 Å². The molecule has 1 atom stereocenters. The third kappa shape index (κ3) is 7.29. The summed E-state index contributed by atoms with van der Waals surface area (Å²) >= 11 is 0. The van der Waals surface area contributed by atoms with Crippen LogP contribution in [-0.2, 0) is 20.0 Å². The largest absolute Gasteiger partial charge is 0.395 e. The van der Waals surface area contributed by atoms with E-state index in [4.69, 9.17) is 5.11 Å². The Hall–Kier alpha value is -2.18. The van der Waals surface area contributed by atoms with Crippen molar-refractivity contribution in [2.75, 3.05) is 19.7 Å². The maximum Gasteiger partial charge on any atom is 0.274 e. The predicted octanol–water partition coefficient (Wildman–Crippen LogP) is 3.16. The molecule has 160 valence electrons. The fourth-order valence-electron chi connectivity index (χ4n) is 3.35. The summed E-state index contributed by atoms with van der Waals surface area (Å²) in [5, 5.41) is 16.4. The molecular formula is C23H36N4O2. The molecule has 3 rings (SSSR count). The van der Waals surface area contributed by atoms with Crippen molar-refractivity contribution in [2.45, 2.75) is 58.5 Å². The van der Waals surface area contributed by atoms with Gasteiger partial charge in [0, 0.05) is 38.9 Å². The monoisotopic (exact) mass is 400 g/mol. The summed E-state index contributed by atoms with van der Waals surface area (Å²) in [4.78, 5) is 14.1. The highest BCUT2D eigenvalue weighted by molar-refractivity contribution is 5.92. The molecule has 1 aliphatic heterocycles. The average Bonchev–Trinajstić information content (AvgIpc) is 3.20. The molecule has 1 amide bonds. The van der Waals surface area contributed by atoms with Gasteiger partial charge in [0.05, 0.1) is 6.61 Å². The van der Waals surface area contributed by atoms with E-state index in [1.54, 1.807) is 10.7 Å². The smallest absolute Gasteiger partial charge is 0.274 e. The van der Waals surface area contributed by atoms with Gasteiger partial charge in [-0.05, 0) is 36.5 Å². The first-order valence-corrected chi connectivity index (χ1v) is 10.8. The van der Waals surface area contributed by atoms with Crippen molar-refractivity contribution in [2.24, 2.45) is 7.05 Å². The molecule has 1 aromatic heterocycles. The lowest BCUT2D eigenvalue weighted by atomic mass is 9.96. The van der Waals surface area contributed by atoms with E-state index < -0.39 is 0 Å². The molecule has 0 saturated carbocycles. The zero-order valence-electron chi connectivity index (χ0n) is 18.1. The number of aryl methyl sites for hydroxylation is 1. The second-order valence-electron chi connectivity index (χ2n) is 7.61. The fraction of sp³-hybridized carbons (Fsp3) is 0.565. The molecule has 2 aromatic rings. The highest BCUT2D eigenvalue weighted by Crippen LogP contribution is 2.15. The van der Waals surface area contributed by atoms with E-state index >= 15 is 0 Å². The molecule has 0 fully saturated rings. The molecule has 0 aliphatic carbocycles. The van der Waals surface area contributed by atoms with Crippen LogP contribution < -0.4 is 5.32 Å². The summed E-state index contributed by atoms with van der Waals surface area (Å²) in [6, 6.07) is 10.4. The number of nitrogens with one attached hydrogen (secondary N) is 1. The third-order valence-electron chi connectivity index (χ3n) is 5.17. The van der Waals surface area contributed by atoms with E-state index in [2.05, 4.69) is 48.5 Å². The summed E-state index contributed by atoms with van der Waals surface area (Å²) in [6.45, 7) is 7.08. The van der Waals surface area contributed by atoms with Crippen molar-refractivity contribution < 1.29 is 9.90 Å². The van der Waals surface area contributed by atoms with E-state index in [1.807, 2.05) is 18.1 Å². The van der Waals surface area contributed by atoms with Crippen LogP contribution in [-0.4, -0.2) is 51.4 Å². The summed E-state index contributed by atoms with van der Waals surface area (Å²) < 4.78 is 1.67. The van der Waals surface area contributed by atoms with Crippen LogP contribution in [0.4, 0.5) is 0 Å². The number of fused-ring (bicyclic) bond motifs is 1. The van der Waals surface area contributed by atoms with Crippen LogP contribution in [0.3, 0.4) is 0 Å². The summed E-state index contributed by atoms with van der Waals surface area (Å²) in [7, 11) is 1.83.